The highest BCUT2D eigenvalue weighted by molar-refractivity contribution is 5.94. The fourth-order valence-electron chi connectivity index (χ4n) is 3.30. The van der Waals surface area contributed by atoms with Gasteiger partial charge >= 0.3 is 0 Å². The topological polar surface area (TPSA) is 28.5 Å². The number of fused-ring (bicyclic) bond motifs is 1. The van der Waals surface area contributed by atoms with E-state index in [2.05, 4.69) is 30.2 Å². The SMILES string of the molecule is CC(C)(C)n1ccc(C(=O)N2CCN3CCC[C@@H]3C2)c1. The van der Waals surface area contributed by atoms with Gasteiger partial charge in [-0.2, -0.15) is 0 Å². The average molecular weight is 275 g/mol. The van der Waals surface area contributed by atoms with E-state index in [0.29, 0.717) is 6.04 Å². The van der Waals surface area contributed by atoms with Crippen molar-refractivity contribution < 1.29 is 4.79 Å². The molecule has 0 aliphatic carbocycles. The van der Waals surface area contributed by atoms with Gasteiger partial charge < -0.3 is 9.47 Å². The van der Waals surface area contributed by atoms with Crippen LogP contribution < -0.4 is 0 Å². The highest BCUT2D eigenvalue weighted by Crippen LogP contribution is 2.23. The Kier molecular flexibility index (Phi) is 3.36. The number of rotatable bonds is 1. The summed E-state index contributed by atoms with van der Waals surface area (Å²) in [7, 11) is 0. The lowest BCUT2D eigenvalue weighted by molar-refractivity contribution is 0.0571. The molecule has 1 atom stereocenters. The number of carbonyl (C=O) groups is 1. The lowest BCUT2D eigenvalue weighted by Crippen LogP contribution is -2.52. The van der Waals surface area contributed by atoms with Crippen LogP contribution in [0.25, 0.3) is 0 Å². The van der Waals surface area contributed by atoms with Crippen molar-refractivity contribution in [3.8, 4) is 0 Å². The zero-order valence-electron chi connectivity index (χ0n) is 12.8. The first kappa shape index (κ1) is 13.7. The minimum atomic E-state index is 0.0304. The summed E-state index contributed by atoms with van der Waals surface area (Å²) in [6.07, 6.45) is 6.53. The van der Waals surface area contributed by atoms with Crippen LogP contribution in [0.1, 0.15) is 44.0 Å². The number of aromatic nitrogens is 1. The summed E-state index contributed by atoms with van der Waals surface area (Å²) in [5.41, 5.74) is 0.856. The molecular weight excluding hydrogens is 250 g/mol. The Hall–Kier alpha value is -1.29. The van der Waals surface area contributed by atoms with Gasteiger partial charge in [-0.15, -0.1) is 0 Å². The Labute approximate surface area is 121 Å². The van der Waals surface area contributed by atoms with Gasteiger partial charge in [-0.1, -0.05) is 0 Å². The fourth-order valence-corrected chi connectivity index (χ4v) is 3.30. The maximum atomic E-state index is 12.6. The molecule has 0 spiro atoms. The van der Waals surface area contributed by atoms with Gasteiger partial charge in [0.15, 0.2) is 0 Å². The fraction of sp³-hybridized carbons (Fsp3) is 0.688. The number of carbonyl (C=O) groups excluding carboxylic acids is 1. The summed E-state index contributed by atoms with van der Waals surface area (Å²) >= 11 is 0. The van der Waals surface area contributed by atoms with E-state index in [0.717, 1.165) is 25.2 Å². The van der Waals surface area contributed by atoms with Crippen LogP contribution in [0.15, 0.2) is 18.5 Å². The van der Waals surface area contributed by atoms with Gasteiger partial charge in [0, 0.05) is 43.6 Å². The zero-order chi connectivity index (χ0) is 14.3. The number of nitrogens with zero attached hydrogens (tertiary/aromatic N) is 3. The molecule has 3 rings (SSSR count). The third-order valence-corrected chi connectivity index (χ3v) is 4.59. The first-order valence-electron chi connectivity index (χ1n) is 7.67. The summed E-state index contributed by atoms with van der Waals surface area (Å²) in [5, 5.41) is 0. The van der Waals surface area contributed by atoms with Gasteiger partial charge in [0.25, 0.3) is 5.91 Å². The van der Waals surface area contributed by atoms with Crippen LogP contribution in [0.3, 0.4) is 0 Å². The van der Waals surface area contributed by atoms with Crippen LogP contribution in [-0.4, -0.2) is 52.5 Å². The maximum Gasteiger partial charge on any atom is 0.255 e. The average Bonchev–Trinajstić information content (AvgIpc) is 3.05. The number of piperazine rings is 1. The minimum Gasteiger partial charge on any atom is -0.348 e. The molecule has 1 aromatic heterocycles. The monoisotopic (exact) mass is 275 g/mol. The van der Waals surface area contributed by atoms with E-state index in [1.807, 2.05) is 23.4 Å². The Bertz CT molecular complexity index is 500. The lowest BCUT2D eigenvalue weighted by atomic mass is 10.1. The molecule has 110 valence electrons. The molecule has 0 N–H and O–H groups in total. The van der Waals surface area contributed by atoms with Crippen molar-refractivity contribution in [3.05, 3.63) is 24.0 Å². The van der Waals surface area contributed by atoms with Gasteiger partial charge in [0.05, 0.1) is 5.56 Å². The van der Waals surface area contributed by atoms with E-state index >= 15 is 0 Å². The Morgan fingerprint density at radius 2 is 2.05 bits per heavy atom. The van der Waals surface area contributed by atoms with Crippen molar-refractivity contribution in [2.45, 2.75) is 45.2 Å². The van der Waals surface area contributed by atoms with Crippen molar-refractivity contribution in [1.82, 2.24) is 14.4 Å². The first-order chi connectivity index (χ1) is 9.45. The molecule has 4 heteroatoms. The predicted molar refractivity (Wildman–Crippen MR) is 79.9 cm³/mol. The molecule has 0 radical (unpaired) electrons. The van der Waals surface area contributed by atoms with E-state index in [9.17, 15) is 4.79 Å². The second-order valence-corrected chi connectivity index (χ2v) is 7.06. The Balaban J connectivity index is 1.71. The molecule has 2 aliphatic heterocycles. The third kappa shape index (κ3) is 2.49. The molecule has 3 heterocycles. The van der Waals surface area contributed by atoms with Crippen molar-refractivity contribution in [2.24, 2.45) is 0 Å². The van der Waals surface area contributed by atoms with E-state index in [1.165, 1.54) is 19.4 Å². The Morgan fingerprint density at radius 1 is 1.25 bits per heavy atom. The normalized spacial score (nSPS) is 23.9. The summed E-state index contributed by atoms with van der Waals surface area (Å²) in [6.45, 7) is 10.5. The zero-order valence-corrected chi connectivity index (χ0v) is 12.8. The smallest absolute Gasteiger partial charge is 0.255 e. The molecule has 0 saturated carbocycles. The molecule has 20 heavy (non-hydrogen) atoms. The second kappa shape index (κ2) is 4.92. The molecule has 2 aliphatic rings. The van der Waals surface area contributed by atoms with Crippen LogP contribution in [0.4, 0.5) is 0 Å². The van der Waals surface area contributed by atoms with Crippen molar-refractivity contribution in [2.75, 3.05) is 26.2 Å². The summed E-state index contributed by atoms with van der Waals surface area (Å²) < 4.78 is 2.12. The van der Waals surface area contributed by atoms with Crippen LogP contribution >= 0.6 is 0 Å². The minimum absolute atomic E-state index is 0.0304. The van der Waals surface area contributed by atoms with Crippen LogP contribution in [0, 0.1) is 0 Å². The van der Waals surface area contributed by atoms with Crippen molar-refractivity contribution in [3.63, 3.8) is 0 Å². The second-order valence-electron chi connectivity index (χ2n) is 7.06. The molecule has 2 saturated heterocycles. The van der Waals surface area contributed by atoms with Crippen LogP contribution in [0.5, 0.6) is 0 Å². The lowest BCUT2D eigenvalue weighted by Gasteiger charge is -2.37. The van der Waals surface area contributed by atoms with E-state index in [-0.39, 0.29) is 11.4 Å². The van der Waals surface area contributed by atoms with Gasteiger partial charge in [-0.05, 0) is 46.2 Å². The summed E-state index contributed by atoms with van der Waals surface area (Å²) in [6, 6.07) is 2.55. The molecule has 1 aromatic rings. The maximum absolute atomic E-state index is 12.6. The van der Waals surface area contributed by atoms with E-state index in [4.69, 9.17) is 0 Å². The van der Waals surface area contributed by atoms with Crippen LogP contribution in [0.2, 0.25) is 0 Å². The van der Waals surface area contributed by atoms with Crippen LogP contribution in [-0.2, 0) is 5.54 Å². The molecule has 1 amide bonds. The third-order valence-electron chi connectivity index (χ3n) is 4.59. The van der Waals surface area contributed by atoms with E-state index < -0.39 is 0 Å². The van der Waals surface area contributed by atoms with Gasteiger partial charge in [0.1, 0.15) is 0 Å². The van der Waals surface area contributed by atoms with Crippen molar-refractivity contribution in [1.29, 1.82) is 0 Å². The van der Waals surface area contributed by atoms with Gasteiger partial charge in [-0.25, -0.2) is 0 Å². The summed E-state index contributed by atoms with van der Waals surface area (Å²) in [5.74, 6) is 0.194. The highest BCUT2D eigenvalue weighted by Gasteiger charge is 2.33. The number of hydrogen-bond donors (Lipinski definition) is 0. The first-order valence-corrected chi connectivity index (χ1v) is 7.67. The molecular formula is C16H25N3O. The number of hydrogen-bond acceptors (Lipinski definition) is 2. The number of amides is 1. The molecule has 0 bridgehead atoms. The van der Waals surface area contributed by atoms with Crippen molar-refractivity contribution >= 4 is 5.91 Å². The molecule has 0 unspecified atom stereocenters. The van der Waals surface area contributed by atoms with E-state index in [1.54, 1.807) is 0 Å². The largest absolute Gasteiger partial charge is 0.348 e. The van der Waals surface area contributed by atoms with Gasteiger partial charge in [0.2, 0.25) is 0 Å². The molecule has 2 fully saturated rings. The van der Waals surface area contributed by atoms with Gasteiger partial charge in [-0.3, -0.25) is 9.69 Å². The summed E-state index contributed by atoms with van der Waals surface area (Å²) in [4.78, 5) is 17.2. The quantitative estimate of drug-likeness (QED) is 0.786. The molecule has 0 aromatic carbocycles. The Morgan fingerprint density at radius 3 is 2.75 bits per heavy atom. The standard InChI is InChI=1S/C16H25N3O/c1-16(2,3)19-8-6-13(11-19)15(20)18-10-9-17-7-4-5-14(17)12-18/h6,8,11,14H,4-5,7,9-10,12H2,1-3H3/t14-/m1/s1. The highest BCUT2D eigenvalue weighted by atomic mass is 16.2. The predicted octanol–water partition coefficient (Wildman–Crippen LogP) is 2.16. The molecule has 4 nitrogen and oxygen atoms in total.